The summed E-state index contributed by atoms with van der Waals surface area (Å²) in [6, 6.07) is 8.26. The first-order chi connectivity index (χ1) is 8.16. The van der Waals surface area contributed by atoms with Gasteiger partial charge in [-0.05, 0) is 36.8 Å². The summed E-state index contributed by atoms with van der Waals surface area (Å²) in [5, 5.41) is 0.423. The number of benzene rings is 1. The minimum Gasteiger partial charge on any atom is -0.489 e. The highest BCUT2D eigenvalue weighted by atomic mass is 35.5. The van der Waals surface area contributed by atoms with Crippen molar-refractivity contribution in [1.82, 2.24) is 4.98 Å². The summed E-state index contributed by atoms with van der Waals surface area (Å²) in [7, 11) is 0. The molecule has 0 amide bonds. The third-order valence-corrected chi connectivity index (χ3v) is 2.70. The fourth-order valence-electron chi connectivity index (χ4n) is 1.40. The van der Waals surface area contributed by atoms with Crippen molar-refractivity contribution in [3.63, 3.8) is 0 Å². The van der Waals surface area contributed by atoms with Gasteiger partial charge in [0.2, 0.25) is 0 Å². The minimum atomic E-state index is -0.239. The molecule has 1 aromatic carbocycles. The zero-order chi connectivity index (χ0) is 12.3. The number of nitrogens with zero attached hydrogens (tertiary/aromatic N) is 1. The number of ether oxygens (including phenoxy) is 1. The van der Waals surface area contributed by atoms with Gasteiger partial charge in [0, 0.05) is 11.8 Å². The van der Waals surface area contributed by atoms with E-state index in [1.807, 2.05) is 6.07 Å². The van der Waals surface area contributed by atoms with Crippen LogP contribution in [0.4, 0.5) is 4.39 Å². The van der Waals surface area contributed by atoms with Gasteiger partial charge in [-0.25, -0.2) is 9.37 Å². The molecule has 0 unspecified atom stereocenters. The second-order valence-corrected chi connectivity index (χ2v) is 4.01. The first-order valence-electron chi connectivity index (χ1n) is 5.15. The number of rotatable bonds is 3. The molecule has 0 aliphatic rings. The van der Waals surface area contributed by atoms with Crippen LogP contribution in [0, 0.1) is 12.7 Å². The van der Waals surface area contributed by atoms with E-state index in [0.29, 0.717) is 23.1 Å². The third-order valence-electron chi connectivity index (χ3n) is 2.36. The van der Waals surface area contributed by atoms with E-state index in [1.54, 1.807) is 31.3 Å². The molecule has 0 fully saturated rings. The van der Waals surface area contributed by atoms with E-state index in [4.69, 9.17) is 16.3 Å². The summed E-state index contributed by atoms with van der Waals surface area (Å²) in [4.78, 5) is 3.95. The van der Waals surface area contributed by atoms with Crippen molar-refractivity contribution in [1.29, 1.82) is 0 Å². The summed E-state index contributed by atoms with van der Waals surface area (Å²) < 4.78 is 18.6. The molecule has 1 heterocycles. The molecular formula is C13H11ClFNO. The van der Waals surface area contributed by atoms with Crippen LogP contribution in [-0.2, 0) is 6.61 Å². The summed E-state index contributed by atoms with van der Waals surface area (Å²) in [5.74, 6) is 0.376. The molecule has 2 nitrogen and oxygen atoms in total. The van der Waals surface area contributed by atoms with Gasteiger partial charge in [0.15, 0.2) is 0 Å². The predicted molar refractivity (Wildman–Crippen MR) is 64.7 cm³/mol. The average Bonchev–Trinajstić information content (AvgIpc) is 2.32. The van der Waals surface area contributed by atoms with Crippen LogP contribution < -0.4 is 4.74 Å². The van der Waals surface area contributed by atoms with Gasteiger partial charge in [0.1, 0.15) is 23.3 Å². The molecule has 0 aliphatic carbocycles. The van der Waals surface area contributed by atoms with Crippen LogP contribution in [0.3, 0.4) is 0 Å². The van der Waals surface area contributed by atoms with Crippen LogP contribution >= 0.6 is 11.6 Å². The maximum atomic E-state index is 13.0. The lowest BCUT2D eigenvalue weighted by atomic mass is 10.2. The van der Waals surface area contributed by atoms with Crippen molar-refractivity contribution < 1.29 is 9.13 Å². The first kappa shape index (κ1) is 11.9. The van der Waals surface area contributed by atoms with Crippen molar-refractivity contribution >= 4 is 11.6 Å². The molecule has 0 aliphatic heterocycles. The fourth-order valence-corrected chi connectivity index (χ4v) is 1.57. The smallest absolute Gasteiger partial charge is 0.135 e. The molecule has 0 saturated heterocycles. The van der Waals surface area contributed by atoms with Crippen molar-refractivity contribution in [2.45, 2.75) is 13.5 Å². The fraction of sp³-hybridized carbons (Fsp3) is 0.154. The predicted octanol–water partition coefficient (Wildman–Crippen LogP) is 3.76. The molecule has 0 saturated carbocycles. The third kappa shape index (κ3) is 2.94. The second-order valence-electron chi connectivity index (χ2n) is 3.65. The Labute approximate surface area is 104 Å². The van der Waals surface area contributed by atoms with Crippen LogP contribution in [0.15, 0.2) is 36.5 Å². The number of halogens is 2. The van der Waals surface area contributed by atoms with Crippen LogP contribution in [0.1, 0.15) is 11.1 Å². The Hall–Kier alpha value is -1.61. The summed E-state index contributed by atoms with van der Waals surface area (Å²) in [5.41, 5.74) is 1.36. The number of aromatic nitrogens is 1. The Bertz CT molecular complexity index is 531. The summed E-state index contributed by atoms with van der Waals surface area (Å²) >= 11 is 5.90. The number of hydrogen-bond donors (Lipinski definition) is 0. The number of aryl methyl sites for hydroxylation is 1. The van der Waals surface area contributed by atoms with Gasteiger partial charge in [0.05, 0.1) is 0 Å². The van der Waals surface area contributed by atoms with E-state index >= 15 is 0 Å². The molecule has 88 valence electrons. The van der Waals surface area contributed by atoms with E-state index in [0.717, 1.165) is 5.56 Å². The molecule has 0 bridgehead atoms. The van der Waals surface area contributed by atoms with Crippen LogP contribution in [0.25, 0.3) is 0 Å². The number of pyridine rings is 1. The van der Waals surface area contributed by atoms with Gasteiger partial charge in [0.25, 0.3) is 0 Å². The largest absolute Gasteiger partial charge is 0.489 e. The lowest BCUT2D eigenvalue weighted by Crippen LogP contribution is -1.97. The molecule has 1 aromatic heterocycles. The molecule has 4 heteroatoms. The van der Waals surface area contributed by atoms with E-state index in [9.17, 15) is 4.39 Å². The SMILES string of the molecule is Cc1cc(OCc2cccnc2Cl)ccc1F. The Balaban J connectivity index is 2.08. The maximum Gasteiger partial charge on any atom is 0.135 e. The standard InChI is InChI=1S/C13H11ClFNO/c1-9-7-11(4-5-12(9)15)17-8-10-3-2-6-16-13(10)14/h2-7H,8H2,1H3. The van der Waals surface area contributed by atoms with Crippen molar-refractivity contribution in [2.24, 2.45) is 0 Å². The highest BCUT2D eigenvalue weighted by Crippen LogP contribution is 2.19. The Morgan fingerprint density at radius 1 is 1.35 bits per heavy atom. The van der Waals surface area contributed by atoms with Crippen LogP contribution in [-0.4, -0.2) is 4.98 Å². The highest BCUT2D eigenvalue weighted by Gasteiger charge is 2.03. The average molecular weight is 252 g/mol. The lowest BCUT2D eigenvalue weighted by Gasteiger charge is -2.08. The number of hydrogen-bond acceptors (Lipinski definition) is 2. The van der Waals surface area contributed by atoms with Crippen molar-refractivity contribution in [3.8, 4) is 5.75 Å². The maximum absolute atomic E-state index is 13.0. The second kappa shape index (κ2) is 5.15. The zero-order valence-electron chi connectivity index (χ0n) is 9.28. The van der Waals surface area contributed by atoms with Crippen LogP contribution in [0.2, 0.25) is 5.15 Å². The first-order valence-corrected chi connectivity index (χ1v) is 5.53. The van der Waals surface area contributed by atoms with E-state index in [2.05, 4.69) is 4.98 Å². The van der Waals surface area contributed by atoms with E-state index in [-0.39, 0.29) is 5.82 Å². The topological polar surface area (TPSA) is 22.1 Å². The van der Waals surface area contributed by atoms with Gasteiger partial charge < -0.3 is 4.74 Å². The van der Waals surface area contributed by atoms with Gasteiger partial charge in [-0.15, -0.1) is 0 Å². The molecule has 0 N–H and O–H groups in total. The monoisotopic (exact) mass is 251 g/mol. The van der Waals surface area contributed by atoms with Crippen LogP contribution in [0.5, 0.6) is 5.75 Å². The summed E-state index contributed by atoms with van der Waals surface area (Å²) in [6.07, 6.45) is 1.62. The highest BCUT2D eigenvalue weighted by molar-refractivity contribution is 6.30. The molecule has 2 aromatic rings. The summed E-state index contributed by atoms with van der Waals surface area (Å²) in [6.45, 7) is 2.01. The lowest BCUT2D eigenvalue weighted by molar-refractivity contribution is 0.305. The van der Waals surface area contributed by atoms with Crippen molar-refractivity contribution in [3.05, 3.63) is 58.6 Å². The van der Waals surface area contributed by atoms with E-state index < -0.39 is 0 Å². The van der Waals surface area contributed by atoms with Gasteiger partial charge in [-0.2, -0.15) is 0 Å². The van der Waals surface area contributed by atoms with Crippen molar-refractivity contribution in [2.75, 3.05) is 0 Å². The Morgan fingerprint density at radius 2 is 2.18 bits per heavy atom. The molecule has 17 heavy (non-hydrogen) atoms. The molecule has 0 radical (unpaired) electrons. The van der Waals surface area contributed by atoms with Gasteiger partial charge in [-0.3, -0.25) is 0 Å². The van der Waals surface area contributed by atoms with Gasteiger partial charge >= 0.3 is 0 Å². The molecular weight excluding hydrogens is 241 g/mol. The van der Waals surface area contributed by atoms with Gasteiger partial charge in [-0.1, -0.05) is 17.7 Å². The zero-order valence-corrected chi connectivity index (χ0v) is 10.0. The minimum absolute atomic E-state index is 0.239. The molecule has 0 spiro atoms. The molecule has 2 rings (SSSR count). The van der Waals surface area contributed by atoms with E-state index in [1.165, 1.54) is 6.07 Å². The Morgan fingerprint density at radius 3 is 2.88 bits per heavy atom. The Kier molecular flexibility index (Phi) is 3.59. The molecule has 0 atom stereocenters. The normalized spacial score (nSPS) is 10.3. The quantitative estimate of drug-likeness (QED) is 0.775.